The molecule has 198 valence electrons. The maximum Gasteiger partial charge on any atom is 0.315 e. The first-order valence-electron chi connectivity index (χ1n) is 12.5. The molecule has 1 saturated heterocycles. The van der Waals surface area contributed by atoms with E-state index in [2.05, 4.69) is 29.8 Å². The van der Waals surface area contributed by atoms with E-state index < -0.39 is 53.5 Å². The molecule has 0 aromatic rings. The summed E-state index contributed by atoms with van der Waals surface area (Å²) in [6, 6.07) is -3.11. The van der Waals surface area contributed by atoms with Crippen LogP contribution in [0.2, 0.25) is 0 Å². The number of piperidine rings is 1. The zero-order valence-electron chi connectivity index (χ0n) is 21.5. The van der Waals surface area contributed by atoms with Crippen LogP contribution in [0.4, 0.5) is 4.79 Å². The van der Waals surface area contributed by atoms with E-state index in [0.29, 0.717) is 18.9 Å². The summed E-state index contributed by atoms with van der Waals surface area (Å²) < 4.78 is 0. The van der Waals surface area contributed by atoms with Crippen LogP contribution in [0.25, 0.3) is 0 Å². The van der Waals surface area contributed by atoms with Crippen LogP contribution in [0.15, 0.2) is 0 Å². The maximum atomic E-state index is 13.5. The lowest BCUT2D eigenvalue weighted by Crippen LogP contribution is -2.61. The van der Waals surface area contributed by atoms with Gasteiger partial charge in [0.2, 0.25) is 17.7 Å². The fourth-order valence-corrected chi connectivity index (χ4v) is 5.59. The van der Waals surface area contributed by atoms with Gasteiger partial charge in [0.25, 0.3) is 0 Å². The number of primary amides is 1. The topological polar surface area (TPSA) is 180 Å². The van der Waals surface area contributed by atoms with Crippen LogP contribution in [0.1, 0.15) is 60.3 Å². The molecule has 8 N–H and O–H groups in total. The Morgan fingerprint density at radius 1 is 1.14 bits per heavy atom. The van der Waals surface area contributed by atoms with Crippen molar-refractivity contribution in [3.63, 3.8) is 0 Å². The smallest absolute Gasteiger partial charge is 0.315 e. The van der Waals surface area contributed by atoms with E-state index >= 15 is 0 Å². The normalized spacial score (nSPS) is 27.6. The number of urea groups is 1. The third kappa shape index (κ3) is 5.88. The van der Waals surface area contributed by atoms with Crippen molar-refractivity contribution in [2.24, 2.45) is 34.6 Å². The number of likely N-dealkylation sites (tertiary alicyclic amines) is 1. The molecular weight excluding hydrogens is 452 g/mol. The number of nitrogens with one attached hydrogen (secondary N) is 3. The highest BCUT2D eigenvalue weighted by Crippen LogP contribution is 2.64. The number of aliphatic hydroxyl groups excluding tert-OH is 1. The van der Waals surface area contributed by atoms with E-state index in [1.807, 2.05) is 20.8 Å². The van der Waals surface area contributed by atoms with Gasteiger partial charge in [-0.05, 0) is 50.4 Å². The fourth-order valence-electron chi connectivity index (χ4n) is 5.59. The Labute approximate surface area is 207 Å². The second kappa shape index (κ2) is 9.93. The molecule has 5 amide bonds. The van der Waals surface area contributed by atoms with Gasteiger partial charge in [-0.3, -0.25) is 14.4 Å². The van der Waals surface area contributed by atoms with Crippen LogP contribution in [0.3, 0.4) is 0 Å². The lowest BCUT2D eigenvalue weighted by molar-refractivity contribution is -0.142. The van der Waals surface area contributed by atoms with Gasteiger partial charge in [0.15, 0.2) is 6.10 Å². The molecule has 2 saturated carbocycles. The molecule has 3 rings (SSSR count). The van der Waals surface area contributed by atoms with Gasteiger partial charge in [0, 0.05) is 18.6 Å². The number of aliphatic hydroxyl groups is 1. The van der Waals surface area contributed by atoms with Crippen molar-refractivity contribution in [1.29, 1.82) is 0 Å². The minimum atomic E-state index is -1.51. The van der Waals surface area contributed by atoms with Crippen LogP contribution in [-0.4, -0.2) is 76.6 Å². The van der Waals surface area contributed by atoms with Crippen molar-refractivity contribution in [3.8, 4) is 0 Å². The predicted octanol–water partition coefficient (Wildman–Crippen LogP) is -0.584. The summed E-state index contributed by atoms with van der Waals surface area (Å²) in [5.74, 6) is -1.36. The van der Waals surface area contributed by atoms with Crippen LogP contribution in [0.5, 0.6) is 0 Å². The van der Waals surface area contributed by atoms with E-state index in [9.17, 15) is 24.3 Å². The molecule has 0 aromatic carbocycles. The Morgan fingerprint density at radius 3 is 2.26 bits per heavy atom. The van der Waals surface area contributed by atoms with E-state index in [-0.39, 0.29) is 23.8 Å². The molecular formula is C24H42N6O5. The lowest BCUT2D eigenvalue weighted by Gasteiger charge is -2.36. The second-order valence-corrected chi connectivity index (χ2v) is 12.0. The Bertz CT molecular complexity index is 852. The second-order valence-electron chi connectivity index (χ2n) is 12.0. The minimum absolute atomic E-state index is 0.0663. The van der Waals surface area contributed by atoms with Crippen molar-refractivity contribution < 1.29 is 24.3 Å². The Hall–Kier alpha value is -2.40. The van der Waals surface area contributed by atoms with E-state index in [1.165, 1.54) is 4.90 Å². The number of hydrogen-bond acceptors (Lipinski definition) is 6. The van der Waals surface area contributed by atoms with E-state index in [4.69, 9.17) is 11.5 Å². The third-order valence-corrected chi connectivity index (χ3v) is 7.90. The van der Waals surface area contributed by atoms with E-state index in [0.717, 1.165) is 19.3 Å². The standard InChI is InChI=1S/C24H42N6O5/c1-23(2,3)29-22(35)28-15(10-25)21(34)30-11-13-16(24(13,4)5)17(30)20(33)27-14(18(31)19(26)32)9-12-7-6-8-12/h12-18,31H,6-11,25H2,1-5H3,(H2,26,32)(H,27,33)(H2,28,29,35)/t13-,14?,15-,16?,17-,18?/m0/s1. The van der Waals surface area contributed by atoms with Crippen LogP contribution in [0, 0.1) is 23.2 Å². The average Bonchev–Trinajstić information content (AvgIpc) is 3.06. The molecule has 0 spiro atoms. The highest BCUT2D eigenvalue weighted by atomic mass is 16.3. The van der Waals surface area contributed by atoms with Crippen LogP contribution in [-0.2, 0) is 14.4 Å². The number of fused-ring (bicyclic) bond motifs is 1. The zero-order chi connectivity index (χ0) is 26.3. The molecule has 35 heavy (non-hydrogen) atoms. The zero-order valence-corrected chi connectivity index (χ0v) is 21.5. The summed E-state index contributed by atoms with van der Waals surface area (Å²) in [4.78, 5) is 52.5. The number of carbonyl (C=O) groups excluding carboxylic acids is 4. The monoisotopic (exact) mass is 494 g/mol. The molecule has 3 fully saturated rings. The minimum Gasteiger partial charge on any atom is -0.381 e. The molecule has 6 atom stereocenters. The summed E-state index contributed by atoms with van der Waals surface area (Å²) in [5, 5.41) is 18.6. The summed E-state index contributed by atoms with van der Waals surface area (Å²) in [6.45, 7) is 9.84. The average molecular weight is 495 g/mol. The molecule has 0 aromatic heterocycles. The number of nitrogens with zero attached hydrogens (tertiary/aromatic N) is 1. The highest BCUT2D eigenvalue weighted by molar-refractivity contribution is 5.94. The van der Waals surface area contributed by atoms with Gasteiger partial charge >= 0.3 is 6.03 Å². The molecule has 2 aliphatic carbocycles. The van der Waals surface area contributed by atoms with Crippen molar-refractivity contribution in [3.05, 3.63) is 0 Å². The number of carbonyl (C=O) groups is 4. The Morgan fingerprint density at radius 2 is 1.77 bits per heavy atom. The number of amides is 5. The van der Waals surface area contributed by atoms with Gasteiger partial charge < -0.3 is 37.4 Å². The molecule has 3 unspecified atom stereocenters. The summed E-state index contributed by atoms with van der Waals surface area (Å²) in [7, 11) is 0. The quantitative estimate of drug-likeness (QED) is 0.249. The maximum absolute atomic E-state index is 13.5. The molecule has 3 aliphatic rings. The first-order chi connectivity index (χ1) is 16.2. The third-order valence-electron chi connectivity index (χ3n) is 7.90. The lowest BCUT2D eigenvalue weighted by atomic mass is 9.79. The molecule has 1 aliphatic heterocycles. The van der Waals surface area contributed by atoms with Gasteiger partial charge in [0.05, 0.1) is 6.04 Å². The van der Waals surface area contributed by atoms with Gasteiger partial charge in [-0.25, -0.2) is 4.79 Å². The summed E-state index contributed by atoms with van der Waals surface area (Å²) >= 11 is 0. The van der Waals surface area contributed by atoms with Crippen molar-refractivity contribution >= 4 is 23.8 Å². The summed E-state index contributed by atoms with van der Waals surface area (Å²) in [6.07, 6.45) is 1.98. The number of nitrogens with two attached hydrogens (primary N) is 2. The molecule has 0 bridgehead atoms. The Balaban J connectivity index is 1.75. The molecule has 0 radical (unpaired) electrons. The largest absolute Gasteiger partial charge is 0.381 e. The van der Waals surface area contributed by atoms with Crippen molar-refractivity contribution in [1.82, 2.24) is 20.9 Å². The highest BCUT2D eigenvalue weighted by Gasteiger charge is 2.69. The number of hydrogen-bond donors (Lipinski definition) is 6. The Kier molecular flexibility index (Phi) is 7.71. The van der Waals surface area contributed by atoms with E-state index in [1.54, 1.807) is 0 Å². The first kappa shape index (κ1) is 27.2. The van der Waals surface area contributed by atoms with Crippen molar-refractivity contribution in [2.45, 2.75) is 90.1 Å². The van der Waals surface area contributed by atoms with Crippen LogP contribution >= 0.6 is 0 Å². The van der Waals surface area contributed by atoms with Gasteiger partial charge in [0.1, 0.15) is 12.1 Å². The molecule has 11 nitrogen and oxygen atoms in total. The van der Waals surface area contributed by atoms with Gasteiger partial charge in [-0.15, -0.1) is 0 Å². The fraction of sp³-hybridized carbons (Fsp3) is 0.833. The van der Waals surface area contributed by atoms with Gasteiger partial charge in [-0.2, -0.15) is 0 Å². The number of rotatable bonds is 9. The molecule has 11 heteroatoms. The SMILES string of the molecule is CC(C)(C)NC(=O)N[C@@H](CN)C(=O)N1C[C@H]2C([C@H]1C(=O)NC(CC1CCC1)C(O)C(N)=O)C2(C)C. The van der Waals surface area contributed by atoms with Crippen LogP contribution < -0.4 is 27.4 Å². The molecule has 1 heterocycles. The predicted molar refractivity (Wildman–Crippen MR) is 130 cm³/mol. The first-order valence-corrected chi connectivity index (χ1v) is 12.5. The van der Waals surface area contributed by atoms with Gasteiger partial charge in [-0.1, -0.05) is 33.1 Å². The summed E-state index contributed by atoms with van der Waals surface area (Å²) in [5.41, 5.74) is 10.5. The van der Waals surface area contributed by atoms with Crippen molar-refractivity contribution in [2.75, 3.05) is 13.1 Å².